The zero-order valence-corrected chi connectivity index (χ0v) is 9.03. The van der Waals surface area contributed by atoms with Crippen LogP contribution in [0.15, 0.2) is 0 Å². The molecule has 84 valence electrons. The Balaban J connectivity index is 2.00. The van der Waals surface area contributed by atoms with Crippen LogP contribution in [0.3, 0.4) is 0 Å². The van der Waals surface area contributed by atoms with E-state index in [1.54, 1.807) is 4.90 Å². The van der Waals surface area contributed by atoms with Gasteiger partial charge in [0.15, 0.2) is 0 Å². The molecule has 2 aliphatic rings. The first-order valence-corrected chi connectivity index (χ1v) is 5.63. The first kappa shape index (κ1) is 10.5. The lowest BCUT2D eigenvalue weighted by atomic mass is 10.1. The Kier molecular flexibility index (Phi) is 2.44. The number of carbonyl (C=O) groups is 2. The lowest BCUT2D eigenvalue weighted by molar-refractivity contribution is -0.153. The summed E-state index contributed by atoms with van der Waals surface area (Å²) in [5.74, 6) is -0.482. The molecule has 4 nitrogen and oxygen atoms in total. The predicted octanol–water partition coefficient (Wildman–Crippen LogP) is 1.11. The van der Waals surface area contributed by atoms with Gasteiger partial charge in [0.2, 0.25) is 5.91 Å². The third kappa shape index (κ3) is 1.85. The fourth-order valence-corrected chi connectivity index (χ4v) is 1.91. The lowest BCUT2D eigenvalue weighted by Crippen LogP contribution is -2.41. The van der Waals surface area contributed by atoms with E-state index in [0.717, 1.165) is 6.54 Å². The summed E-state index contributed by atoms with van der Waals surface area (Å²) in [6.45, 7) is 3.30. The van der Waals surface area contributed by atoms with Crippen molar-refractivity contribution in [1.82, 2.24) is 4.90 Å². The minimum absolute atomic E-state index is 0.163. The molecule has 0 aromatic heterocycles. The fourth-order valence-electron chi connectivity index (χ4n) is 1.91. The summed E-state index contributed by atoms with van der Waals surface area (Å²) >= 11 is 0. The van der Waals surface area contributed by atoms with E-state index in [4.69, 9.17) is 5.11 Å². The molecule has 0 aromatic carbocycles. The van der Waals surface area contributed by atoms with Gasteiger partial charge in [0.1, 0.15) is 5.41 Å². The number of aliphatic carboxylic acids is 1. The summed E-state index contributed by atoms with van der Waals surface area (Å²) in [4.78, 5) is 24.7. The highest BCUT2D eigenvalue weighted by molar-refractivity contribution is 6.04. The molecule has 0 atom stereocenters. The number of hydrogen-bond donors (Lipinski definition) is 1. The summed E-state index contributed by atoms with van der Waals surface area (Å²) in [5, 5.41) is 9.02. The minimum atomic E-state index is -1.05. The number of amides is 1. The number of rotatable bonds is 5. The zero-order chi connectivity index (χ0) is 11.1. The van der Waals surface area contributed by atoms with E-state index in [-0.39, 0.29) is 5.91 Å². The average Bonchev–Trinajstić information content (AvgIpc) is 3.05. The molecule has 2 rings (SSSR count). The van der Waals surface area contributed by atoms with Gasteiger partial charge in [-0.2, -0.15) is 0 Å². The van der Waals surface area contributed by atoms with E-state index >= 15 is 0 Å². The third-order valence-corrected chi connectivity index (χ3v) is 3.41. The highest BCUT2D eigenvalue weighted by atomic mass is 16.4. The van der Waals surface area contributed by atoms with Gasteiger partial charge in [-0.05, 0) is 38.5 Å². The molecule has 0 heterocycles. The van der Waals surface area contributed by atoms with Crippen LogP contribution in [0.2, 0.25) is 0 Å². The van der Waals surface area contributed by atoms with Crippen molar-refractivity contribution in [2.75, 3.05) is 13.1 Å². The third-order valence-electron chi connectivity index (χ3n) is 3.41. The molecule has 2 fully saturated rings. The summed E-state index contributed by atoms with van der Waals surface area (Å²) < 4.78 is 0. The predicted molar refractivity (Wildman–Crippen MR) is 54.3 cm³/mol. The van der Waals surface area contributed by atoms with Crippen LogP contribution in [0.1, 0.15) is 32.6 Å². The summed E-state index contributed by atoms with van der Waals surface area (Å²) in [6.07, 6.45) is 3.40. The van der Waals surface area contributed by atoms with Gasteiger partial charge in [-0.25, -0.2) is 0 Å². The molecule has 4 heteroatoms. The van der Waals surface area contributed by atoms with Crippen molar-refractivity contribution < 1.29 is 14.7 Å². The Hall–Kier alpha value is -1.06. The molecule has 0 saturated heterocycles. The van der Waals surface area contributed by atoms with Gasteiger partial charge in [0.25, 0.3) is 0 Å². The highest BCUT2D eigenvalue weighted by Crippen LogP contribution is 2.48. The van der Waals surface area contributed by atoms with Crippen LogP contribution in [-0.4, -0.2) is 35.0 Å². The highest BCUT2D eigenvalue weighted by Gasteiger charge is 2.58. The molecular formula is C11H17NO3. The first-order chi connectivity index (χ1) is 7.10. The van der Waals surface area contributed by atoms with Crippen molar-refractivity contribution in [3.05, 3.63) is 0 Å². The van der Waals surface area contributed by atoms with Crippen LogP contribution in [-0.2, 0) is 9.59 Å². The fraction of sp³-hybridized carbons (Fsp3) is 0.818. The second-order valence-corrected chi connectivity index (χ2v) is 4.67. The number of nitrogens with zero attached hydrogens (tertiary/aromatic N) is 1. The molecule has 2 aliphatic carbocycles. The van der Waals surface area contributed by atoms with E-state index in [1.807, 2.05) is 6.92 Å². The molecule has 0 unspecified atom stereocenters. The van der Waals surface area contributed by atoms with E-state index in [1.165, 1.54) is 12.8 Å². The van der Waals surface area contributed by atoms with E-state index in [2.05, 4.69) is 0 Å². The standard InChI is InChI=1S/C11H17NO3/c1-2-12(7-8-3-4-8)9(13)11(5-6-11)10(14)15/h8H,2-7H2,1H3,(H,14,15). The van der Waals surface area contributed by atoms with Gasteiger partial charge in [-0.1, -0.05) is 0 Å². The molecule has 2 saturated carbocycles. The van der Waals surface area contributed by atoms with Gasteiger partial charge in [0.05, 0.1) is 0 Å². The maximum atomic E-state index is 12.0. The second kappa shape index (κ2) is 3.51. The SMILES string of the molecule is CCN(CC1CC1)C(=O)C1(C(=O)O)CC1. The molecule has 0 aliphatic heterocycles. The van der Waals surface area contributed by atoms with Gasteiger partial charge in [-0.15, -0.1) is 0 Å². The van der Waals surface area contributed by atoms with Crippen LogP contribution in [0, 0.1) is 11.3 Å². The normalized spacial score (nSPS) is 22.2. The zero-order valence-electron chi connectivity index (χ0n) is 9.03. The Morgan fingerprint density at radius 1 is 1.40 bits per heavy atom. The van der Waals surface area contributed by atoms with E-state index < -0.39 is 11.4 Å². The number of carboxylic acids is 1. The lowest BCUT2D eigenvalue weighted by Gasteiger charge is -2.24. The van der Waals surface area contributed by atoms with Crippen LogP contribution in [0.4, 0.5) is 0 Å². The van der Waals surface area contributed by atoms with Crippen molar-refractivity contribution in [1.29, 1.82) is 0 Å². The number of carbonyl (C=O) groups excluding carboxylic acids is 1. The molecule has 15 heavy (non-hydrogen) atoms. The van der Waals surface area contributed by atoms with Crippen molar-refractivity contribution >= 4 is 11.9 Å². The summed E-state index contributed by atoms with van der Waals surface area (Å²) in [5.41, 5.74) is -1.05. The van der Waals surface area contributed by atoms with E-state index in [9.17, 15) is 9.59 Å². The van der Waals surface area contributed by atoms with Crippen molar-refractivity contribution in [2.24, 2.45) is 11.3 Å². The van der Waals surface area contributed by atoms with E-state index in [0.29, 0.717) is 25.3 Å². The molecule has 1 amide bonds. The summed E-state index contributed by atoms with van der Waals surface area (Å²) in [7, 11) is 0. The van der Waals surface area contributed by atoms with Crippen LogP contribution >= 0.6 is 0 Å². The van der Waals surface area contributed by atoms with Gasteiger partial charge in [-0.3, -0.25) is 9.59 Å². The van der Waals surface area contributed by atoms with Crippen LogP contribution < -0.4 is 0 Å². The maximum Gasteiger partial charge on any atom is 0.319 e. The average molecular weight is 211 g/mol. The molecular weight excluding hydrogens is 194 g/mol. The molecule has 0 aromatic rings. The van der Waals surface area contributed by atoms with Crippen molar-refractivity contribution in [3.63, 3.8) is 0 Å². The Morgan fingerprint density at radius 2 is 2.00 bits per heavy atom. The first-order valence-electron chi connectivity index (χ1n) is 5.63. The van der Waals surface area contributed by atoms with Crippen LogP contribution in [0.25, 0.3) is 0 Å². The van der Waals surface area contributed by atoms with Gasteiger partial charge >= 0.3 is 5.97 Å². The Morgan fingerprint density at radius 3 is 2.33 bits per heavy atom. The Labute approximate surface area is 89.3 Å². The Bertz CT molecular complexity index is 292. The van der Waals surface area contributed by atoms with Gasteiger partial charge < -0.3 is 10.0 Å². The summed E-state index contributed by atoms with van der Waals surface area (Å²) in [6, 6.07) is 0. The van der Waals surface area contributed by atoms with Crippen molar-refractivity contribution in [3.8, 4) is 0 Å². The topological polar surface area (TPSA) is 57.6 Å². The second-order valence-electron chi connectivity index (χ2n) is 4.67. The largest absolute Gasteiger partial charge is 0.480 e. The molecule has 0 spiro atoms. The minimum Gasteiger partial charge on any atom is -0.480 e. The van der Waals surface area contributed by atoms with Crippen LogP contribution in [0.5, 0.6) is 0 Å². The quantitative estimate of drug-likeness (QED) is 0.693. The van der Waals surface area contributed by atoms with Gasteiger partial charge in [0, 0.05) is 13.1 Å². The number of carboxylic acid groups (broad SMARTS) is 1. The van der Waals surface area contributed by atoms with Crippen molar-refractivity contribution in [2.45, 2.75) is 32.6 Å². The molecule has 1 N–H and O–H groups in total. The molecule has 0 radical (unpaired) electrons. The maximum absolute atomic E-state index is 12.0. The monoisotopic (exact) mass is 211 g/mol. The smallest absolute Gasteiger partial charge is 0.319 e. The molecule has 0 bridgehead atoms. The number of hydrogen-bond acceptors (Lipinski definition) is 2.